The first-order valence-electron chi connectivity index (χ1n) is 11.8. The van der Waals surface area contributed by atoms with Gasteiger partial charge in [-0.1, -0.05) is 12.1 Å². The summed E-state index contributed by atoms with van der Waals surface area (Å²) in [6.07, 6.45) is 4.10. The van der Waals surface area contributed by atoms with Crippen LogP contribution in [0.4, 0.5) is 11.5 Å². The van der Waals surface area contributed by atoms with Gasteiger partial charge in [0, 0.05) is 43.1 Å². The maximum Gasteiger partial charge on any atom is 0.254 e. The van der Waals surface area contributed by atoms with Crippen LogP contribution < -0.4 is 10.2 Å². The van der Waals surface area contributed by atoms with Crippen LogP contribution in [0.5, 0.6) is 0 Å². The summed E-state index contributed by atoms with van der Waals surface area (Å²) in [5.74, 6) is 1.10. The molecule has 4 rings (SSSR count). The Kier molecular flexibility index (Phi) is 6.42. The molecule has 2 saturated heterocycles. The van der Waals surface area contributed by atoms with Crippen molar-refractivity contribution in [3.05, 3.63) is 53.2 Å². The van der Waals surface area contributed by atoms with E-state index < -0.39 is 0 Å². The first-order valence-corrected chi connectivity index (χ1v) is 11.8. The number of likely N-dealkylation sites (tertiary alicyclic amines) is 1. The minimum atomic E-state index is -0.184. The highest BCUT2D eigenvalue weighted by Crippen LogP contribution is 2.29. The molecule has 0 bridgehead atoms. The van der Waals surface area contributed by atoms with Gasteiger partial charge in [0.05, 0.1) is 5.54 Å². The lowest BCUT2D eigenvalue weighted by atomic mass is 9.96. The lowest BCUT2D eigenvalue weighted by molar-refractivity contribution is 0.0684. The van der Waals surface area contributed by atoms with Crippen molar-refractivity contribution in [3.8, 4) is 0 Å². The van der Waals surface area contributed by atoms with E-state index in [1.165, 1.54) is 5.56 Å². The molecule has 1 amide bonds. The molecule has 3 heterocycles. The highest BCUT2D eigenvalue weighted by molar-refractivity contribution is 5.97. The summed E-state index contributed by atoms with van der Waals surface area (Å²) < 4.78 is 0. The number of piperidine rings is 1. The van der Waals surface area contributed by atoms with Crippen LogP contribution >= 0.6 is 0 Å². The van der Waals surface area contributed by atoms with Gasteiger partial charge in [-0.15, -0.1) is 0 Å². The van der Waals surface area contributed by atoms with E-state index in [9.17, 15) is 4.79 Å². The van der Waals surface area contributed by atoms with E-state index in [1.54, 1.807) is 0 Å². The van der Waals surface area contributed by atoms with E-state index in [0.717, 1.165) is 55.1 Å². The maximum absolute atomic E-state index is 13.6. The first-order chi connectivity index (χ1) is 15.2. The second-order valence-electron chi connectivity index (χ2n) is 10.1. The van der Waals surface area contributed by atoms with Crippen LogP contribution in [0.3, 0.4) is 0 Å². The zero-order chi connectivity index (χ0) is 22.9. The molecule has 0 aliphatic carbocycles. The van der Waals surface area contributed by atoms with E-state index in [1.807, 2.05) is 29.3 Å². The van der Waals surface area contributed by atoms with Crippen LogP contribution in [-0.2, 0) is 0 Å². The Bertz CT molecular complexity index is 950. The zero-order valence-electron chi connectivity index (χ0n) is 20.2. The standard InChI is InChI=1S/C26H37N5O/c1-19-16-20(2)23(28-21-9-12-29(5)13-10-21)17-22(19)25(32)30-14-15-31(26(3,4)18-30)24-8-6-7-11-27-24/h6-8,11,16-17,21,28H,9-10,12-15,18H2,1-5H3. The summed E-state index contributed by atoms with van der Waals surface area (Å²) >= 11 is 0. The van der Waals surface area contributed by atoms with Gasteiger partial charge in [-0.05, 0) is 90.0 Å². The number of carbonyl (C=O) groups is 1. The Morgan fingerprint density at radius 2 is 1.81 bits per heavy atom. The minimum absolute atomic E-state index is 0.127. The van der Waals surface area contributed by atoms with Crippen molar-refractivity contribution in [3.63, 3.8) is 0 Å². The van der Waals surface area contributed by atoms with Crippen molar-refractivity contribution in [2.75, 3.05) is 50.0 Å². The quantitative estimate of drug-likeness (QED) is 0.788. The number of anilines is 2. The fraction of sp³-hybridized carbons (Fsp3) is 0.538. The fourth-order valence-electron chi connectivity index (χ4n) is 5.05. The molecule has 1 N–H and O–H groups in total. The molecule has 0 radical (unpaired) electrons. The molecule has 1 aromatic carbocycles. The average molecular weight is 436 g/mol. The number of aryl methyl sites for hydroxylation is 2. The predicted molar refractivity (Wildman–Crippen MR) is 132 cm³/mol. The van der Waals surface area contributed by atoms with Crippen molar-refractivity contribution in [2.24, 2.45) is 0 Å². The van der Waals surface area contributed by atoms with Crippen LogP contribution in [0.25, 0.3) is 0 Å². The largest absolute Gasteiger partial charge is 0.382 e. The molecule has 0 saturated carbocycles. The molecule has 172 valence electrons. The van der Waals surface area contributed by atoms with Gasteiger partial charge in [0.2, 0.25) is 0 Å². The minimum Gasteiger partial charge on any atom is -0.382 e. The zero-order valence-corrected chi connectivity index (χ0v) is 20.2. The molecular formula is C26H37N5O. The van der Waals surface area contributed by atoms with Gasteiger partial charge in [-0.2, -0.15) is 0 Å². The monoisotopic (exact) mass is 435 g/mol. The molecule has 2 aromatic rings. The first kappa shape index (κ1) is 22.6. The summed E-state index contributed by atoms with van der Waals surface area (Å²) in [5, 5.41) is 3.73. The number of aromatic nitrogens is 1. The SMILES string of the molecule is Cc1cc(C)c(C(=O)N2CCN(c3ccccn3)C(C)(C)C2)cc1NC1CCN(C)CC1. The number of piperazine rings is 1. The molecular weight excluding hydrogens is 398 g/mol. The lowest BCUT2D eigenvalue weighted by Crippen LogP contribution is -2.61. The van der Waals surface area contributed by atoms with Gasteiger partial charge in [0.1, 0.15) is 5.82 Å². The van der Waals surface area contributed by atoms with Gasteiger partial charge >= 0.3 is 0 Å². The normalized spacial score (nSPS) is 19.8. The summed E-state index contributed by atoms with van der Waals surface area (Å²) in [5.41, 5.74) is 3.98. The van der Waals surface area contributed by atoms with Crippen molar-refractivity contribution in [1.82, 2.24) is 14.8 Å². The predicted octanol–water partition coefficient (Wildman–Crippen LogP) is 3.95. The van der Waals surface area contributed by atoms with Crippen LogP contribution in [-0.4, -0.2) is 72.0 Å². The molecule has 2 fully saturated rings. The summed E-state index contributed by atoms with van der Waals surface area (Å²) in [6.45, 7) is 12.9. The van der Waals surface area contributed by atoms with Gasteiger partial charge in [-0.3, -0.25) is 4.79 Å². The third-order valence-corrected chi connectivity index (χ3v) is 7.00. The molecule has 2 aliphatic heterocycles. The number of nitrogens with zero attached hydrogens (tertiary/aromatic N) is 4. The van der Waals surface area contributed by atoms with E-state index in [4.69, 9.17) is 0 Å². The van der Waals surface area contributed by atoms with Crippen molar-refractivity contribution in [1.29, 1.82) is 0 Å². The van der Waals surface area contributed by atoms with E-state index in [0.29, 0.717) is 19.1 Å². The number of benzene rings is 1. The maximum atomic E-state index is 13.6. The number of hydrogen-bond donors (Lipinski definition) is 1. The highest BCUT2D eigenvalue weighted by Gasteiger charge is 2.37. The Morgan fingerprint density at radius 3 is 2.47 bits per heavy atom. The number of hydrogen-bond acceptors (Lipinski definition) is 5. The number of amides is 1. The number of carbonyl (C=O) groups excluding carboxylic acids is 1. The third-order valence-electron chi connectivity index (χ3n) is 7.00. The Hall–Kier alpha value is -2.60. The van der Waals surface area contributed by atoms with Crippen molar-refractivity contribution >= 4 is 17.4 Å². The van der Waals surface area contributed by atoms with Crippen LogP contribution in [0.2, 0.25) is 0 Å². The number of pyridine rings is 1. The van der Waals surface area contributed by atoms with Gasteiger partial charge < -0.3 is 20.0 Å². The smallest absolute Gasteiger partial charge is 0.254 e. The molecule has 0 unspecified atom stereocenters. The molecule has 0 spiro atoms. The van der Waals surface area contributed by atoms with Crippen LogP contribution in [0.1, 0.15) is 48.2 Å². The summed E-state index contributed by atoms with van der Waals surface area (Å²) in [4.78, 5) is 24.8. The third kappa shape index (κ3) is 4.75. The average Bonchev–Trinajstić information content (AvgIpc) is 2.76. The van der Waals surface area contributed by atoms with Gasteiger partial charge in [0.15, 0.2) is 0 Å². The highest BCUT2D eigenvalue weighted by atomic mass is 16.2. The second kappa shape index (κ2) is 9.10. The van der Waals surface area contributed by atoms with E-state index in [2.05, 4.69) is 67.0 Å². The lowest BCUT2D eigenvalue weighted by Gasteiger charge is -2.48. The summed E-state index contributed by atoms with van der Waals surface area (Å²) in [6, 6.07) is 10.7. The molecule has 6 nitrogen and oxygen atoms in total. The Labute approximate surface area is 192 Å². The second-order valence-corrected chi connectivity index (χ2v) is 10.1. The van der Waals surface area contributed by atoms with Gasteiger partial charge in [-0.25, -0.2) is 4.98 Å². The Balaban J connectivity index is 1.50. The molecule has 0 atom stereocenters. The van der Waals surface area contributed by atoms with Crippen LogP contribution in [0.15, 0.2) is 36.5 Å². The van der Waals surface area contributed by atoms with E-state index in [-0.39, 0.29) is 11.4 Å². The molecule has 32 heavy (non-hydrogen) atoms. The van der Waals surface area contributed by atoms with Gasteiger partial charge in [0.25, 0.3) is 5.91 Å². The van der Waals surface area contributed by atoms with Crippen molar-refractivity contribution in [2.45, 2.75) is 52.1 Å². The number of nitrogens with one attached hydrogen (secondary N) is 1. The fourth-order valence-corrected chi connectivity index (χ4v) is 5.05. The van der Waals surface area contributed by atoms with E-state index >= 15 is 0 Å². The topological polar surface area (TPSA) is 51.7 Å². The van der Waals surface area contributed by atoms with Crippen LogP contribution in [0, 0.1) is 13.8 Å². The molecule has 1 aromatic heterocycles. The molecule has 2 aliphatic rings. The molecule has 6 heteroatoms. The number of rotatable bonds is 4. The Morgan fingerprint density at radius 1 is 1.06 bits per heavy atom. The summed E-state index contributed by atoms with van der Waals surface area (Å²) in [7, 11) is 2.18. The van der Waals surface area contributed by atoms with Crippen molar-refractivity contribution < 1.29 is 4.79 Å².